The van der Waals surface area contributed by atoms with E-state index >= 15 is 0 Å². The van der Waals surface area contributed by atoms with Gasteiger partial charge in [-0.2, -0.15) is 0 Å². The molecule has 0 amide bonds. The molecule has 1 aromatic rings. The Labute approximate surface area is 125 Å². The normalized spacial score (nSPS) is 13.6. The monoisotopic (exact) mass is 329 g/mol. The third-order valence-electron chi connectivity index (χ3n) is 3.28. The molecule has 0 bridgehead atoms. The van der Waals surface area contributed by atoms with E-state index in [-0.39, 0.29) is 11.2 Å². The lowest BCUT2D eigenvalue weighted by Gasteiger charge is -2.29. The van der Waals surface area contributed by atoms with Gasteiger partial charge in [-0.15, -0.1) is 0 Å². The van der Waals surface area contributed by atoms with E-state index in [1.807, 2.05) is 6.07 Å². The minimum absolute atomic E-state index is 0.0851. The lowest BCUT2D eigenvalue weighted by Crippen LogP contribution is -2.32. The first kappa shape index (κ1) is 16.6. The summed E-state index contributed by atoms with van der Waals surface area (Å²) in [6.07, 6.45) is 2.94. The number of hydrogen-bond acceptors (Lipinski definition) is 1. The third kappa shape index (κ3) is 6.05. The second-order valence-electron chi connectivity index (χ2n) is 6.14. The Morgan fingerprint density at radius 1 is 1.37 bits per heavy atom. The fraction of sp³-hybridized carbons (Fsp3) is 0.625. The van der Waals surface area contributed by atoms with Crippen LogP contribution in [0, 0.1) is 11.2 Å². The Morgan fingerprint density at radius 3 is 2.68 bits per heavy atom. The fourth-order valence-electron chi connectivity index (χ4n) is 2.56. The summed E-state index contributed by atoms with van der Waals surface area (Å²) in [6, 6.07) is 5.64. The number of benzene rings is 1. The number of rotatable bonds is 7. The lowest BCUT2D eigenvalue weighted by atomic mass is 9.80. The van der Waals surface area contributed by atoms with E-state index in [1.165, 1.54) is 6.07 Å². The van der Waals surface area contributed by atoms with Crippen LogP contribution in [0.25, 0.3) is 0 Å². The first-order valence-electron chi connectivity index (χ1n) is 7.01. The highest BCUT2D eigenvalue weighted by atomic mass is 79.9. The second kappa shape index (κ2) is 7.39. The molecule has 1 rings (SSSR count). The molecule has 0 aromatic heterocycles. The van der Waals surface area contributed by atoms with Gasteiger partial charge in [0, 0.05) is 10.5 Å². The maximum absolute atomic E-state index is 13.8. The molecule has 0 fully saturated rings. The molecule has 3 heteroatoms. The van der Waals surface area contributed by atoms with Gasteiger partial charge in [-0.25, -0.2) is 4.39 Å². The minimum Gasteiger partial charge on any atom is -0.314 e. The van der Waals surface area contributed by atoms with Crippen molar-refractivity contribution >= 4 is 15.9 Å². The molecule has 1 atom stereocenters. The highest BCUT2D eigenvalue weighted by molar-refractivity contribution is 9.10. The van der Waals surface area contributed by atoms with Crippen LogP contribution in [0.1, 0.15) is 46.1 Å². The van der Waals surface area contributed by atoms with E-state index in [0.29, 0.717) is 6.04 Å². The maximum Gasteiger partial charge on any atom is 0.126 e. The van der Waals surface area contributed by atoms with Crippen LogP contribution in [0.5, 0.6) is 0 Å². The van der Waals surface area contributed by atoms with Crippen molar-refractivity contribution < 1.29 is 4.39 Å². The zero-order chi connectivity index (χ0) is 14.5. The summed E-state index contributed by atoms with van der Waals surface area (Å²) < 4.78 is 14.7. The highest BCUT2D eigenvalue weighted by Crippen LogP contribution is 2.29. The summed E-state index contributed by atoms with van der Waals surface area (Å²) in [5, 5.41) is 3.50. The summed E-state index contributed by atoms with van der Waals surface area (Å²) in [4.78, 5) is 0. The number of nitrogens with one attached hydrogen (secondary N) is 1. The van der Waals surface area contributed by atoms with Gasteiger partial charge in [-0.3, -0.25) is 0 Å². The molecule has 19 heavy (non-hydrogen) atoms. The standard InChI is InChI=1S/C16H25BrFN/c1-5-8-19-12(2)10-16(3,4)11-13-9-14(17)6-7-15(13)18/h6-7,9,12,19H,5,8,10-11H2,1-4H3. The maximum atomic E-state index is 13.8. The van der Waals surface area contributed by atoms with Crippen molar-refractivity contribution in [2.24, 2.45) is 5.41 Å². The fourth-order valence-corrected chi connectivity index (χ4v) is 2.97. The Kier molecular flexibility index (Phi) is 6.48. The van der Waals surface area contributed by atoms with Gasteiger partial charge in [-0.05, 0) is 61.9 Å². The van der Waals surface area contributed by atoms with Gasteiger partial charge in [-0.1, -0.05) is 36.7 Å². The van der Waals surface area contributed by atoms with Crippen molar-refractivity contribution in [2.45, 2.75) is 53.0 Å². The van der Waals surface area contributed by atoms with Crippen molar-refractivity contribution in [3.05, 3.63) is 34.1 Å². The van der Waals surface area contributed by atoms with Gasteiger partial charge < -0.3 is 5.32 Å². The average Bonchev–Trinajstić information content (AvgIpc) is 2.30. The van der Waals surface area contributed by atoms with Gasteiger partial charge in [0.2, 0.25) is 0 Å². The first-order chi connectivity index (χ1) is 8.84. The van der Waals surface area contributed by atoms with Crippen molar-refractivity contribution in [3.63, 3.8) is 0 Å². The summed E-state index contributed by atoms with van der Waals surface area (Å²) >= 11 is 3.41. The lowest BCUT2D eigenvalue weighted by molar-refractivity contribution is 0.284. The molecule has 0 saturated carbocycles. The van der Waals surface area contributed by atoms with E-state index in [9.17, 15) is 4.39 Å². The zero-order valence-corrected chi connectivity index (χ0v) is 14.0. The quantitative estimate of drug-likeness (QED) is 0.747. The molecular formula is C16H25BrFN. The van der Waals surface area contributed by atoms with Gasteiger partial charge in [0.15, 0.2) is 0 Å². The molecule has 0 saturated heterocycles. The molecule has 0 aliphatic heterocycles. The van der Waals surface area contributed by atoms with Crippen LogP contribution in [-0.2, 0) is 6.42 Å². The molecule has 1 aromatic carbocycles. The molecule has 0 aliphatic rings. The van der Waals surface area contributed by atoms with Crippen LogP contribution in [0.2, 0.25) is 0 Å². The van der Waals surface area contributed by atoms with Crippen molar-refractivity contribution in [2.75, 3.05) is 6.54 Å². The van der Waals surface area contributed by atoms with Crippen LogP contribution < -0.4 is 5.32 Å². The molecule has 1 N–H and O–H groups in total. The van der Waals surface area contributed by atoms with Gasteiger partial charge in [0.25, 0.3) is 0 Å². The summed E-state index contributed by atoms with van der Waals surface area (Å²) in [5.74, 6) is -0.106. The molecule has 0 spiro atoms. The Bertz CT molecular complexity index is 404. The molecule has 0 heterocycles. The highest BCUT2D eigenvalue weighted by Gasteiger charge is 2.23. The number of hydrogen-bond donors (Lipinski definition) is 1. The van der Waals surface area contributed by atoms with Crippen molar-refractivity contribution in [1.29, 1.82) is 0 Å². The van der Waals surface area contributed by atoms with Gasteiger partial charge in [0.1, 0.15) is 5.82 Å². The van der Waals surface area contributed by atoms with E-state index < -0.39 is 0 Å². The summed E-state index contributed by atoms with van der Waals surface area (Å²) in [7, 11) is 0. The van der Waals surface area contributed by atoms with Crippen molar-refractivity contribution in [1.82, 2.24) is 5.32 Å². The Morgan fingerprint density at radius 2 is 2.05 bits per heavy atom. The molecule has 0 radical (unpaired) electrons. The second-order valence-corrected chi connectivity index (χ2v) is 7.05. The molecule has 0 aliphatic carbocycles. The van der Waals surface area contributed by atoms with E-state index in [0.717, 1.165) is 35.8 Å². The summed E-state index contributed by atoms with van der Waals surface area (Å²) in [6.45, 7) is 9.83. The van der Waals surface area contributed by atoms with Gasteiger partial charge in [0.05, 0.1) is 0 Å². The Hall–Kier alpha value is -0.410. The topological polar surface area (TPSA) is 12.0 Å². The van der Waals surface area contributed by atoms with Crippen LogP contribution >= 0.6 is 15.9 Å². The third-order valence-corrected chi connectivity index (χ3v) is 3.77. The van der Waals surface area contributed by atoms with E-state index in [1.54, 1.807) is 6.07 Å². The largest absolute Gasteiger partial charge is 0.314 e. The predicted octanol–water partition coefficient (Wildman–Crippen LogP) is 4.94. The van der Waals surface area contributed by atoms with Crippen LogP contribution in [0.3, 0.4) is 0 Å². The Balaban J connectivity index is 2.65. The molecular weight excluding hydrogens is 305 g/mol. The van der Waals surface area contributed by atoms with Crippen molar-refractivity contribution in [3.8, 4) is 0 Å². The number of halogens is 2. The molecule has 108 valence electrons. The summed E-state index contributed by atoms with van der Waals surface area (Å²) in [5.41, 5.74) is 0.879. The molecule has 1 unspecified atom stereocenters. The van der Waals surface area contributed by atoms with Crippen LogP contribution in [-0.4, -0.2) is 12.6 Å². The SMILES string of the molecule is CCCNC(C)CC(C)(C)Cc1cc(Br)ccc1F. The van der Waals surface area contributed by atoms with Gasteiger partial charge >= 0.3 is 0 Å². The minimum atomic E-state index is -0.106. The zero-order valence-electron chi connectivity index (χ0n) is 12.4. The molecule has 1 nitrogen and oxygen atoms in total. The predicted molar refractivity (Wildman–Crippen MR) is 84.0 cm³/mol. The van der Waals surface area contributed by atoms with Crippen LogP contribution in [0.4, 0.5) is 4.39 Å². The average molecular weight is 330 g/mol. The van der Waals surface area contributed by atoms with E-state index in [4.69, 9.17) is 0 Å². The van der Waals surface area contributed by atoms with E-state index in [2.05, 4.69) is 48.9 Å². The van der Waals surface area contributed by atoms with Crippen LogP contribution in [0.15, 0.2) is 22.7 Å². The first-order valence-corrected chi connectivity index (χ1v) is 7.80. The smallest absolute Gasteiger partial charge is 0.126 e.